The molecule has 27 heavy (non-hydrogen) atoms. The van der Waals surface area contributed by atoms with Crippen LogP contribution < -0.4 is 5.32 Å². The summed E-state index contributed by atoms with van der Waals surface area (Å²) in [5.74, 6) is 1.84. The molecule has 0 aromatic heterocycles. The van der Waals surface area contributed by atoms with Gasteiger partial charge in [-0.05, 0) is 48.8 Å². The highest BCUT2D eigenvalue weighted by Gasteiger charge is 2.61. The second-order valence-electron chi connectivity index (χ2n) is 10.1. The first-order valence-electron chi connectivity index (χ1n) is 10.8. The Morgan fingerprint density at radius 1 is 1.19 bits per heavy atom. The van der Waals surface area contributed by atoms with Gasteiger partial charge in [-0.3, -0.25) is 0 Å². The van der Waals surface area contributed by atoms with E-state index in [2.05, 4.69) is 81.4 Å². The molecule has 0 saturated carbocycles. The van der Waals surface area contributed by atoms with Gasteiger partial charge in [0, 0.05) is 22.9 Å². The largest absolute Gasteiger partial charge is 0.355 e. The van der Waals surface area contributed by atoms with Gasteiger partial charge >= 0.3 is 0 Å². The fraction of sp³-hybridized carbons (Fsp3) is 0.600. The fourth-order valence-electron chi connectivity index (χ4n) is 7.58. The molecular formula is C25H34N2. The molecule has 0 amide bonds. The second-order valence-corrected chi connectivity index (χ2v) is 10.1. The Labute approximate surface area is 164 Å². The highest BCUT2D eigenvalue weighted by Crippen LogP contribution is 2.69. The lowest BCUT2D eigenvalue weighted by Gasteiger charge is -2.46. The van der Waals surface area contributed by atoms with Crippen LogP contribution in [0.15, 0.2) is 58.9 Å². The molecule has 2 nitrogen and oxygen atoms in total. The third-order valence-electron chi connectivity index (χ3n) is 8.25. The Kier molecular flexibility index (Phi) is 3.73. The Morgan fingerprint density at radius 3 is 2.74 bits per heavy atom. The molecule has 4 aliphatic carbocycles. The van der Waals surface area contributed by atoms with Crippen LogP contribution in [0.1, 0.15) is 47.0 Å². The molecule has 0 spiro atoms. The van der Waals surface area contributed by atoms with Crippen LogP contribution in [-0.2, 0) is 0 Å². The number of allylic oxidation sites excluding steroid dienone is 7. The molecule has 5 atom stereocenters. The van der Waals surface area contributed by atoms with E-state index in [1.54, 1.807) is 22.4 Å². The highest BCUT2D eigenvalue weighted by atomic mass is 15.3. The summed E-state index contributed by atoms with van der Waals surface area (Å²) in [5, 5.41) is 3.43. The van der Waals surface area contributed by atoms with Crippen molar-refractivity contribution < 1.29 is 0 Å². The Morgan fingerprint density at radius 2 is 1.96 bits per heavy atom. The average Bonchev–Trinajstić information content (AvgIpc) is 3.04. The minimum atomic E-state index is 0.241. The molecule has 0 fully saturated rings. The summed E-state index contributed by atoms with van der Waals surface area (Å²) in [6.07, 6.45) is 18.1. The van der Waals surface area contributed by atoms with E-state index in [0.29, 0.717) is 23.8 Å². The van der Waals surface area contributed by atoms with Crippen molar-refractivity contribution in [1.82, 2.24) is 10.2 Å². The SMILES string of the molecule is CNCN1C2=C(C3C=CC=CC31)C1C(C)(C)C3=C(C=CCC3C)C1(C)CC2. The number of fused-ring (bicyclic) bond motifs is 5. The van der Waals surface area contributed by atoms with E-state index >= 15 is 0 Å². The van der Waals surface area contributed by atoms with Gasteiger partial charge in [-0.1, -0.05) is 69.7 Å². The molecule has 0 bridgehead atoms. The molecule has 5 aliphatic rings. The van der Waals surface area contributed by atoms with Gasteiger partial charge in [0.2, 0.25) is 0 Å². The molecule has 2 heteroatoms. The number of hydrogen-bond acceptors (Lipinski definition) is 2. The zero-order chi connectivity index (χ0) is 19.0. The van der Waals surface area contributed by atoms with E-state index in [9.17, 15) is 0 Å². The smallest absolute Gasteiger partial charge is 0.0683 e. The molecule has 1 heterocycles. The van der Waals surface area contributed by atoms with Gasteiger partial charge < -0.3 is 10.2 Å². The Balaban J connectivity index is 1.68. The zero-order valence-electron chi connectivity index (χ0n) is 17.5. The Bertz CT molecular complexity index is 821. The van der Waals surface area contributed by atoms with Gasteiger partial charge in [-0.2, -0.15) is 0 Å². The van der Waals surface area contributed by atoms with Crippen LogP contribution >= 0.6 is 0 Å². The van der Waals surface area contributed by atoms with Gasteiger partial charge in [0.1, 0.15) is 0 Å². The maximum Gasteiger partial charge on any atom is 0.0683 e. The lowest BCUT2D eigenvalue weighted by molar-refractivity contribution is 0.153. The van der Waals surface area contributed by atoms with Gasteiger partial charge in [0.25, 0.3) is 0 Å². The number of hydrogen-bond donors (Lipinski definition) is 1. The molecule has 1 aliphatic heterocycles. The summed E-state index contributed by atoms with van der Waals surface area (Å²) >= 11 is 0. The molecule has 5 unspecified atom stereocenters. The summed E-state index contributed by atoms with van der Waals surface area (Å²) in [7, 11) is 2.08. The molecular weight excluding hydrogens is 328 g/mol. The molecule has 5 rings (SSSR count). The van der Waals surface area contributed by atoms with E-state index in [1.807, 2.05) is 0 Å². The van der Waals surface area contributed by atoms with E-state index < -0.39 is 0 Å². The van der Waals surface area contributed by atoms with Crippen molar-refractivity contribution in [2.45, 2.75) is 53.0 Å². The van der Waals surface area contributed by atoms with Gasteiger partial charge in [-0.15, -0.1) is 0 Å². The summed E-state index contributed by atoms with van der Waals surface area (Å²) < 4.78 is 0. The first kappa shape index (κ1) is 17.6. The summed E-state index contributed by atoms with van der Waals surface area (Å²) in [6, 6.07) is 0.496. The third kappa shape index (κ3) is 2.11. The fourth-order valence-corrected chi connectivity index (χ4v) is 7.58. The van der Waals surface area contributed by atoms with E-state index in [-0.39, 0.29) is 10.8 Å². The third-order valence-corrected chi connectivity index (χ3v) is 8.25. The van der Waals surface area contributed by atoms with Crippen LogP contribution in [0.2, 0.25) is 0 Å². The van der Waals surface area contributed by atoms with Crippen LogP contribution in [0.4, 0.5) is 0 Å². The standard InChI is InChI=1S/C25H34N2/c1-16-9-8-11-18-22(16)24(2,3)23-21-17-10-6-7-12-19(17)27(15-26-5)20(21)13-14-25(18,23)4/h6-8,10-12,16-17,19,23,26H,9,13-15H2,1-5H3. The van der Waals surface area contributed by atoms with E-state index in [4.69, 9.17) is 0 Å². The lowest BCUT2D eigenvalue weighted by atomic mass is 9.57. The summed E-state index contributed by atoms with van der Waals surface area (Å²) in [6.45, 7) is 11.1. The molecule has 0 aromatic carbocycles. The minimum absolute atomic E-state index is 0.241. The minimum Gasteiger partial charge on any atom is -0.355 e. The van der Waals surface area contributed by atoms with Gasteiger partial charge in [0.05, 0.1) is 12.7 Å². The topological polar surface area (TPSA) is 15.3 Å². The maximum absolute atomic E-state index is 3.43. The summed E-state index contributed by atoms with van der Waals surface area (Å²) in [5.41, 5.74) is 7.36. The normalized spacial score (nSPS) is 41.0. The number of nitrogens with zero attached hydrogens (tertiary/aromatic N) is 1. The Hall–Kier alpha value is -1.54. The monoisotopic (exact) mass is 362 g/mol. The van der Waals surface area contributed by atoms with Crippen LogP contribution in [0, 0.1) is 28.6 Å². The van der Waals surface area contributed by atoms with E-state index in [1.165, 1.54) is 19.3 Å². The first-order valence-corrected chi connectivity index (χ1v) is 10.8. The van der Waals surface area contributed by atoms with Crippen LogP contribution in [0.5, 0.6) is 0 Å². The average molecular weight is 363 g/mol. The second kappa shape index (κ2) is 5.73. The van der Waals surface area contributed by atoms with Gasteiger partial charge in [-0.25, -0.2) is 0 Å². The van der Waals surface area contributed by atoms with Crippen molar-refractivity contribution in [2.24, 2.45) is 28.6 Å². The van der Waals surface area contributed by atoms with Gasteiger partial charge in [0.15, 0.2) is 0 Å². The zero-order valence-corrected chi connectivity index (χ0v) is 17.5. The molecule has 0 aromatic rings. The van der Waals surface area contributed by atoms with Crippen molar-refractivity contribution in [3.05, 3.63) is 58.9 Å². The molecule has 144 valence electrons. The number of nitrogens with one attached hydrogen (secondary N) is 1. The highest BCUT2D eigenvalue weighted by molar-refractivity contribution is 5.53. The molecule has 0 radical (unpaired) electrons. The van der Waals surface area contributed by atoms with Crippen LogP contribution in [0.25, 0.3) is 0 Å². The van der Waals surface area contributed by atoms with Crippen molar-refractivity contribution in [1.29, 1.82) is 0 Å². The molecule has 1 N–H and O–H groups in total. The maximum atomic E-state index is 3.43. The lowest BCUT2D eigenvalue weighted by Crippen LogP contribution is -2.39. The first-order chi connectivity index (χ1) is 12.9. The van der Waals surface area contributed by atoms with Crippen molar-refractivity contribution in [2.75, 3.05) is 13.7 Å². The van der Waals surface area contributed by atoms with Crippen molar-refractivity contribution in [3.63, 3.8) is 0 Å². The van der Waals surface area contributed by atoms with E-state index in [0.717, 1.165) is 6.67 Å². The summed E-state index contributed by atoms with van der Waals surface area (Å²) in [4.78, 5) is 2.66. The van der Waals surface area contributed by atoms with Crippen LogP contribution in [0.3, 0.4) is 0 Å². The quantitative estimate of drug-likeness (QED) is 0.727. The predicted molar refractivity (Wildman–Crippen MR) is 113 cm³/mol. The predicted octanol–water partition coefficient (Wildman–Crippen LogP) is 5.19. The van der Waals surface area contributed by atoms with Crippen molar-refractivity contribution in [3.8, 4) is 0 Å². The van der Waals surface area contributed by atoms with Crippen molar-refractivity contribution >= 4 is 0 Å². The molecule has 0 saturated heterocycles. The van der Waals surface area contributed by atoms with Crippen LogP contribution in [-0.4, -0.2) is 24.7 Å². The number of rotatable bonds is 2.